The van der Waals surface area contributed by atoms with Gasteiger partial charge >= 0.3 is 0 Å². The molecule has 1 aromatic carbocycles. The number of ether oxygens (including phenoxy) is 2. The van der Waals surface area contributed by atoms with E-state index in [4.69, 9.17) is 26.8 Å². The second-order valence-electron chi connectivity index (χ2n) is 8.44. The van der Waals surface area contributed by atoms with Gasteiger partial charge in [0.25, 0.3) is 5.91 Å². The highest BCUT2D eigenvalue weighted by molar-refractivity contribution is 6.31. The maximum absolute atomic E-state index is 13.1. The van der Waals surface area contributed by atoms with Gasteiger partial charge in [0.2, 0.25) is 5.88 Å². The predicted octanol–water partition coefficient (Wildman–Crippen LogP) is 4.44. The van der Waals surface area contributed by atoms with E-state index in [1.165, 1.54) is 0 Å². The minimum absolute atomic E-state index is 0.224. The van der Waals surface area contributed by atoms with Gasteiger partial charge in [-0.15, -0.1) is 11.6 Å². The third kappa shape index (κ3) is 5.44. The van der Waals surface area contributed by atoms with E-state index in [0.717, 1.165) is 22.4 Å². The molecule has 186 valence electrons. The zero-order chi connectivity index (χ0) is 25.7. The van der Waals surface area contributed by atoms with E-state index in [9.17, 15) is 4.79 Å². The third-order valence-electron chi connectivity index (χ3n) is 5.98. The van der Waals surface area contributed by atoms with Crippen molar-refractivity contribution in [2.24, 2.45) is 0 Å². The number of carbonyl (C=O) groups excluding carboxylic acids is 1. The van der Waals surface area contributed by atoms with E-state index < -0.39 is 10.9 Å². The van der Waals surface area contributed by atoms with Gasteiger partial charge in [0.1, 0.15) is 11.4 Å². The first-order valence-electron chi connectivity index (χ1n) is 11.3. The Bertz CT molecular complexity index is 1320. The monoisotopic (exact) mass is 505 g/mol. The van der Waals surface area contributed by atoms with Crippen LogP contribution in [-0.4, -0.2) is 41.0 Å². The smallest absolute Gasteiger partial charge is 0.270 e. The Morgan fingerprint density at radius 1 is 1.17 bits per heavy atom. The number of nitrogens with one attached hydrogen (secondary N) is 2. The topological polar surface area (TPSA) is 111 Å². The molecule has 9 heteroatoms. The lowest BCUT2D eigenvalue weighted by Crippen LogP contribution is -2.48. The number of allylic oxidation sites excluding steroid dienone is 2. The number of carbonyl (C=O) groups is 1. The summed E-state index contributed by atoms with van der Waals surface area (Å²) in [6, 6.07) is 12.3. The van der Waals surface area contributed by atoms with Gasteiger partial charge in [0.05, 0.1) is 25.1 Å². The van der Waals surface area contributed by atoms with Gasteiger partial charge in [-0.2, -0.15) is 0 Å². The van der Waals surface area contributed by atoms with Crippen LogP contribution in [-0.2, 0) is 6.54 Å². The molecule has 0 aliphatic heterocycles. The van der Waals surface area contributed by atoms with Crippen molar-refractivity contribution in [3.8, 4) is 11.6 Å². The van der Waals surface area contributed by atoms with Crippen LogP contribution < -0.4 is 25.8 Å². The average Bonchev–Trinajstić information content (AvgIpc) is 2.88. The van der Waals surface area contributed by atoms with Crippen LogP contribution in [0.4, 0.5) is 11.4 Å². The number of amides is 1. The van der Waals surface area contributed by atoms with E-state index in [1.807, 2.05) is 55.5 Å². The SMILES string of the molecule is COc1cc(NCc2cnc(C(=O)NC3C=CC=C(c4cccc(N)c4)C3(C)Cl)cc2OC)ccn1. The molecule has 0 fully saturated rings. The van der Waals surface area contributed by atoms with Crippen LogP contribution in [0, 0.1) is 0 Å². The van der Waals surface area contributed by atoms with Crippen LogP contribution >= 0.6 is 11.6 Å². The number of hydrogen-bond donors (Lipinski definition) is 3. The highest BCUT2D eigenvalue weighted by Gasteiger charge is 2.38. The molecule has 0 saturated heterocycles. The highest BCUT2D eigenvalue weighted by atomic mass is 35.5. The average molecular weight is 506 g/mol. The lowest BCUT2D eigenvalue weighted by molar-refractivity contribution is 0.0935. The molecule has 0 saturated carbocycles. The Morgan fingerprint density at radius 2 is 2.00 bits per heavy atom. The number of methoxy groups -OCH3 is 2. The van der Waals surface area contributed by atoms with Gasteiger partial charge in [0.15, 0.2) is 0 Å². The van der Waals surface area contributed by atoms with E-state index in [1.54, 1.807) is 38.7 Å². The van der Waals surface area contributed by atoms with E-state index in [0.29, 0.717) is 23.9 Å². The van der Waals surface area contributed by atoms with Crippen LogP contribution in [0.15, 0.2) is 73.1 Å². The lowest BCUT2D eigenvalue weighted by Gasteiger charge is -2.35. The van der Waals surface area contributed by atoms with Crippen molar-refractivity contribution >= 4 is 34.5 Å². The third-order valence-corrected chi connectivity index (χ3v) is 6.42. The standard InChI is InChI=1S/C27H28ClN5O3/c1-27(28)21(17-6-4-7-19(29)12-17)8-5-9-24(27)33-26(34)22-14-23(35-2)18(16-32-22)15-31-20-10-11-30-25(13-20)36-3/h4-14,16,24H,15,29H2,1-3H3,(H,30,31)(H,33,34). The molecule has 36 heavy (non-hydrogen) atoms. The quantitative estimate of drug-likeness (QED) is 0.306. The summed E-state index contributed by atoms with van der Waals surface area (Å²) in [6.45, 7) is 2.31. The summed E-state index contributed by atoms with van der Waals surface area (Å²) in [7, 11) is 3.12. The molecule has 1 aliphatic rings. The number of alkyl halides is 1. The van der Waals surface area contributed by atoms with Crippen LogP contribution in [0.3, 0.4) is 0 Å². The minimum atomic E-state index is -0.891. The molecular formula is C27H28ClN5O3. The number of halogens is 1. The number of nitrogens with two attached hydrogens (primary N) is 1. The fourth-order valence-corrected chi connectivity index (χ4v) is 4.30. The number of aromatic nitrogens is 2. The number of anilines is 2. The zero-order valence-corrected chi connectivity index (χ0v) is 21.0. The van der Waals surface area contributed by atoms with Crippen molar-refractivity contribution in [1.29, 1.82) is 0 Å². The first-order chi connectivity index (χ1) is 17.3. The van der Waals surface area contributed by atoms with Crippen molar-refractivity contribution in [2.45, 2.75) is 24.4 Å². The van der Waals surface area contributed by atoms with Gasteiger partial charge < -0.3 is 25.8 Å². The Balaban J connectivity index is 1.47. The van der Waals surface area contributed by atoms with Crippen LogP contribution in [0.2, 0.25) is 0 Å². The van der Waals surface area contributed by atoms with Gasteiger partial charge in [-0.3, -0.25) is 9.78 Å². The minimum Gasteiger partial charge on any atom is -0.496 e. The number of nitrogens with zero attached hydrogens (tertiary/aromatic N) is 2. The van der Waals surface area contributed by atoms with Crippen molar-refractivity contribution in [3.63, 3.8) is 0 Å². The molecule has 0 bridgehead atoms. The number of benzene rings is 1. The number of hydrogen-bond acceptors (Lipinski definition) is 7. The Morgan fingerprint density at radius 3 is 2.75 bits per heavy atom. The predicted molar refractivity (Wildman–Crippen MR) is 142 cm³/mol. The molecule has 1 amide bonds. The van der Waals surface area contributed by atoms with Crippen molar-refractivity contribution in [2.75, 3.05) is 25.3 Å². The second kappa shape index (κ2) is 10.7. The summed E-state index contributed by atoms with van der Waals surface area (Å²) in [5.41, 5.74) is 10.2. The number of rotatable bonds is 8. The molecule has 1 aliphatic carbocycles. The first kappa shape index (κ1) is 25.1. The van der Waals surface area contributed by atoms with Gasteiger partial charge in [-0.05, 0) is 36.3 Å². The molecular weight excluding hydrogens is 478 g/mol. The fourth-order valence-electron chi connectivity index (χ4n) is 4.00. The van der Waals surface area contributed by atoms with E-state index in [-0.39, 0.29) is 11.6 Å². The highest BCUT2D eigenvalue weighted by Crippen LogP contribution is 2.39. The Kier molecular flexibility index (Phi) is 7.45. The number of nitrogen functional groups attached to an aromatic ring is 1. The Labute approximate surface area is 215 Å². The van der Waals surface area contributed by atoms with Gasteiger partial charge in [0, 0.05) is 48.0 Å². The molecule has 2 aromatic heterocycles. The maximum Gasteiger partial charge on any atom is 0.270 e. The van der Waals surface area contributed by atoms with E-state index in [2.05, 4.69) is 20.6 Å². The molecule has 0 spiro atoms. The Hall–Kier alpha value is -4.04. The molecule has 3 aromatic rings. The summed E-state index contributed by atoms with van der Waals surface area (Å²) in [5.74, 6) is 0.688. The molecule has 0 radical (unpaired) electrons. The second-order valence-corrected chi connectivity index (χ2v) is 9.22. The molecule has 2 atom stereocenters. The summed E-state index contributed by atoms with van der Waals surface area (Å²) in [6.07, 6.45) is 8.95. The van der Waals surface area contributed by atoms with Crippen molar-refractivity contribution < 1.29 is 14.3 Å². The maximum atomic E-state index is 13.1. The zero-order valence-electron chi connectivity index (χ0n) is 20.3. The summed E-state index contributed by atoms with van der Waals surface area (Å²) in [5, 5.41) is 6.27. The van der Waals surface area contributed by atoms with Gasteiger partial charge in [-0.25, -0.2) is 4.98 Å². The molecule has 4 N–H and O–H groups in total. The summed E-state index contributed by atoms with van der Waals surface area (Å²) < 4.78 is 10.7. The molecule has 8 nitrogen and oxygen atoms in total. The summed E-state index contributed by atoms with van der Waals surface area (Å²) >= 11 is 6.99. The van der Waals surface area contributed by atoms with Crippen LogP contribution in [0.25, 0.3) is 5.57 Å². The molecule has 2 heterocycles. The van der Waals surface area contributed by atoms with Crippen LogP contribution in [0.1, 0.15) is 28.5 Å². The normalized spacial score (nSPS) is 18.8. The fraction of sp³-hybridized carbons (Fsp3) is 0.222. The largest absolute Gasteiger partial charge is 0.496 e. The van der Waals surface area contributed by atoms with Crippen LogP contribution in [0.5, 0.6) is 11.6 Å². The van der Waals surface area contributed by atoms with Crippen molar-refractivity contribution in [3.05, 3.63) is 89.9 Å². The first-order valence-corrected chi connectivity index (χ1v) is 11.7. The molecule has 4 rings (SSSR count). The lowest BCUT2D eigenvalue weighted by atomic mass is 9.83. The number of pyridine rings is 2. The molecule has 2 unspecified atom stereocenters. The van der Waals surface area contributed by atoms with Gasteiger partial charge in [-0.1, -0.05) is 30.4 Å². The summed E-state index contributed by atoms with van der Waals surface area (Å²) in [4.78, 5) is 20.7. The van der Waals surface area contributed by atoms with Crippen molar-refractivity contribution in [1.82, 2.24) is 15.3 Å². The van der Waals surface area contributed by atoms with E-state index >= 15 is 0 Å².